The van der Waals surface area contributed by atoms with Gasteiger partial charge in [0.1, 0.15) is 0 Å². The van der Waals surface area contributed by atoms with Crippen molar-refractivity contribution >= 4 is 0 Å². The van der Waals surface area contributed by atoms with Crippen molar-refractivity contribution in [3.8, 4) is 0 Å². The van der Waals surface area contributed by atoms with Crippen LogP contribution in [0.2, 0.25) is 0 Å². The highest BCUT2D eigenvalue weighted by Crippen LogP contribution is 2.83. The largest absolute Gasteiger partial charge is 0.0649 e. The molecule has 2 rings (SSSR count). The van der Waals surface area contributed by atoms with Gasteiger partial charge in [-0.3, -0.25) is 0 Å². The van der Waals surface area contributed by atoms with Gasteiger partial charge in [-0.05, 0) is 76.4 Å². The molecule has 0 heterocycles. The van der Waals surface area contributed by atoms with Crippen LogP contribution in [0, 0.1) is 50.7 Å². The van der Waals surface area contributed by atoms with Gasteiger partial charge in [0.25, 0.3) is 0 Å². The average Bonchev–Trinajstić information content (AvgIpc) is 2.92. The Balaban J connectivity index is 2.70. The first-order chi connectivity index (χ1) is 11.8. The van der Waals surface area contributed by atoms with Gasteiger partial charge in [0, 0.05) is 0 Å². The van der Waals surface area contributed by atoms with Gasteiger partial charge in [0.15, 0.2) is 0 Å². The number of hydrogen-bond donors (Lipinski definition) is 0. The predicted octanol–water partition coefficient (Wildman–Crippen LogP) is 8.60. The molecule has 26 heavy (non-hydrogen) atoms. The summed E-state index contributed by atoms with van der Waals surface area (Å²) in [4.78, 5) is 0. The molecule has 2 bridgehead atoms. The van der Waals surface area contributed by atoms with E-state index < -0.39 is 0 Å². The lowest BCUT2D eigenvalue weighted by Crippen LogP contribution is -2.55. The van der Waals surface area contributed by atoms with E-state index in [1.165, 1.54) is 32.1 Å². The van der Waals surface area contributed by atoms with Gasteiger partial charge in [-0.25, -0.2) is 0 Å². The van der Waals surface area contributed by atoms with E-state index in [0.29, 0.717) is 27.1 Å². The molecule has 0 spiro atoms. The Morgan fingerprint density at radius 2 is 1.50 bits per heavy atom. The van der Waals surface area contributed by atoms with Crippen molar-refractivity contribution < 1.29 is 0 Å². The standard InChI is InChI=1S/C26H50/c1-13-22(9,10)20(7)25-16-19(6)24(12,21(25)8)26(15-3,17-25)23(11,14-2)18(4)5/h18-21H,13-17H2,1-12H3. The molecule has 0 aliphatic heterocycles. The monoisotopic (exact) mass is 362 g/mol. The van der Waals surface area contributed by atoms with E-state index in [2.05, 4.69) is 83.1 Å². The summed E-state index contributed by atoms with van der Waals surface area (Å²) in [5, 5.41) is 0. The SMILES string of the molecule is CCC(C)(C)C(C)C12CC(C)C(C)(C1C)C(CC)(C(C)(CC)C(C)C)C2. The fraction of sp³-hybridized carbons (Fsp3) is 1.00. The molecular weight excluding hydrogens is 312 g/mol. The third kappa shape index (κ3) is 2.32. The normalized spacial score (nSPS) is 43.7. The Labute approximate surface area is 166 Å². The molecule has 2 saturated carbocycles. The summed E-state index contributed by atoms with van der Waals surface area (Å²) in [5.41, 5.74) is 2.32. The van der Waals surface area contributed by atoms with Crippen molar-refractivity contribution in [1.29, 1.82) is 0 Å². The second-order valence-electron chi connectivity index (χ2n) is 11.9. The fourth-order valence-electron chi connectivity index (χ4n) is 8.66. The number of rotatable bonds is 7. The van der Waals surface area contributed by atoms with Crippen molar-refractivity contribution in [1.82, 2.24) is 0 Å². The van der Waals surface area contributed by atoms with E-state index >= 15 is 0 Å². The van der Waals surface area contributed by atoms with Gasteiger partial charge in [-0.15, -0.1) is 0 Å². The minimum atomic E-state index is 0.428. The van der Waals surface area contributed by atoms with Crippen molar-refractivity contribution in [2.75, 3.05) is 0 Å². The summed E-state index contributed by atoms with van der Waals surface area (Å²) in [6.07, 6.45) is 6.87. The van der Waals surface area contributed by atoms with Crippen LogP contribution in [0.5, 0.6) is 0 Å². The second kappa shape index (κ2) is 6.52. The van der Waals surface area contributed by atoms with Crippen molar-refractivity contribution in [2.45, 2.75) is 115 Å². The minimum absolute atomic E-state index is 0.428. The second-order valence-corrected chi connectivity index (χ2v) is 11.9. The molecular formula is C26H50. The number of fused-ring (bicyclic) bond motifs is 2. The molecule has 0 heteroatoms. The lowest BCUT2D eigenvalue weighted by Gasteiger charge is -2.61. The molecule has 7 atom stereocenters. The van der Waals surface area contributed by atoms with Gasteiger partial charge in [0.05, 0.1) is 0 Å². The summed E-state index contributed by atoms with van der Waals surface area (Å²) < 4.78 is 0. The molecule has 2 fully saturated rings. The predicted molar refractivity (Wildman–Crippen MR) is 117 cm³/mol. The maximum atomic E-state index is 2.71. The first kappa shape index (κ1) is 22.3. The quantitative estimate of drug-likeness (QED) is 0.425. The third-order valence-corrected chi connectivity index (χ3v) is 11.8. The Kier molecular flexibility index (Phi) is 5.59. The van der Waals surface area contributed by atoms with Crippen LogP contribution in [-0.4, -0.2) is 0 Å². The van der Waals surface area contributed by atoms with Gasteiger partial charge < -0.3 is 0 Å². The molecule has 154 valence electrons. The molecule has 7 unspecified atom stereocenters. The topological polar surface area (TPSA) is 0 Å². The highest BCUT2D eigenvalue weighted by molar-refractivity contribution is 5.24. The molecule has 2 aliphatic rings. The van der Waals surface area contributed by atoms with Crippen molar-refractivity contribution in [2.24, 2.45) is 50.7 Å². The fourth-order valence-corrected chi connectivity index (χ4v) is 8.66. The van der Waals surface area contributed by atoms with Crippen LogP contribution in [0.25, 0.3) is 0 Å². The summed E-state index contributed by atoms with van der Waals surface area (Å²) in [6, 6.07) is 0. The van der Waals surface area contributed by atoms with Gasteiger partial charge in [-0.2, -0.15) is 0 Å². The van der Waals surface area contributed by atoms with Crippen LogP contribution in [0.15, 0.2) is 0 Å². The van der Waals surface area contributed by atoms with Crippen LogP contribution in [-0.2, 0) is 0 Å². The first-order valence-electron chi connectivity index (χ1n) is 11.8. The Morgan fingerprint density at radius 1 is 0.962 bits per heavy atom. The van der Waals surface area contributed by atoms with Crippen LogP contribution in [0.3, 0.4) is 0 Å². The molecule has 0 amide bonds. The Hall–Kier alpha value is 0. The summed E-state index contributed by atoms with van der Waals surface area (Å²) in [5.74, 6) is 3.21. The highest BCUT2D eigenvalue weighted by atomic mass is 14.8. The zero-order chi connectivity index (χ0) is 20.3. The van der Waals surface area contributed by atoms with Gasteiger partial charge in [0.2, 0.25) is 0 Å². The van der Waals surface area contributed by atoms with Crippen LogP contribution in [0.1, 0.15) is 115 Å². The molecule has 2 aliphatic carbocycles. The minimum Gasteiger partial charge on any atom is -0.0649 e. The van der Waals surface area contributed by atoms with E-state index in [0.717, 1.165) is 23.7 Å². The van der Waals surface area contributed by atoms with Gasteiger partial charge >= 0.3 is 0 Å². The third-order valence-electron chi connectivity index (χ3n) is 11.8. The maximum absolute atomic E-state index is 2.71. The van der Waals surface area contributed by atoms with E-state index in [9.17, 15) is 0 Å². The molecule has 0 aromatic rings. The van der Waals surface area contributed by atoms with E-state index in [4.69, 9.17) is 0 Å². The Morgan fingerprint density at radius 3 is 1.88 bits per heavy atom. The first-order valence-corrected chi connectivity index (χ1v) is 11.8. The van der Waals surface area contributed by atoms with Crippen molar-refractivity contribution in [3.05, 3.63) is 0 Å². The lowest BCUT2D eigenvalue weighted by molar-refractivity contribution is -0.132. The maximum Gasteiger partial charge on any atom is -0.0179 e. The van der Waals surface area contributed by atoms with Crippen LogP contribution < -0.4 is 0 Å². The summed E-state index contributed by atoms with van der Waals surface area (Å²) >= 11 is 0. The zero-order valence-corrected chi connectivity index (χ0v) is 20.3. The average molecular weight is 363 g/mol. The van der Waals surface area contributed by atoms with Gasteiger partial charge in [-0.1, -0.05) is 89.5 Å². The molecule has 0 saturated heterocycles. The molecule has 0 nitrogen and oxygen atoms in total. The van der Waals surface area contributed by atoms with E-state index in [-0.39, 0.29) is 0 Å². The molecule has 0 N–H and O–H groups in total. The van der Waals surface area contributed by atoms with Crippen LogP contribution in [0.4, 0.5) is 0 Å². The summed E-state index contributed by atoms with van der Waals surface area (Å²) in [7, 11) is 0. The summed E-state index contributed by atoms with van der Waals surface area (Å²) in [6.45, 7) is 30.7. The molecule has 0 radical (unpaired) electrons. The lowest BCUT2D eigenvalue weighted by atomic mass is 9.43. The zero-order valence-electron chi connectivity index (χ0n) is 20.3. The van der Waals surface area contributed by atoms with E-state index in [1.807, 2.05) is 0 Å². The van der Waals surface area contributed by atoms with Crippen molar-refractivity contribution in [3.63, 3.8) is 0 Å². The molecule has 0 aromatic carbocycles. The van der Waals surface area contributed by atoms with Crippen LogP contribution >= 0.6 is 0 Å². The van der Waals surface area contributed by atoms with E-state index in [1.54, 1.807) is 0 Å². The highest BCUT2D eigenvalue weighted by Gasteiger charge is 2.76. The molecule has 0 aromatic heterocycles. The number of hydrogen-bond acceptors (Lipinski definition) is 0. The smallest absolute Gasteiger partial charge is 0.0179 e. The Bertz CT molecular complexity index is 516.